The molecule has 2 aliphatic rings. The minimum absolute atomic E-state index is 0.0531. The Kier molecular flexibility index (Phi) is 7.17. The number of benzene rings is 2. The van der Waals surface area contributed by atoms with Crippen molar-refractivity contribution in [1.29, 1.82) is 0 Å². The van der Waals surface area contributed by atoms with Gasteiger partial charge in [0.1, 0.15) is 11.3 Å². The van der Waals surface area contributed by atoms with Crippen LogP contribution in [0, 0.1) is 0 Å². The summed E-state index contributed by atoms with van der Waals surface area (Å²) in [5, 5.41) is 6.02. The van der Waals surface area contributed by atoms with Crippen molar-refractivity contribution >= 4 is 17.8 Å². The number of imide groups is 1. The molecule has 8 nitrogen and oxygen atoms in total. The molecule has 0 radical (unpaired) electrons. The van der Waals surface area contributed by atoms with Crippen molar-refractivity contribution < 1.29 is 19.1 Å². The maximum absolute atomic E-state index is 13.3. The highest BCUT2D eigenvalue weighted by atomic mass is 16.5. The first-order valence-corrected chi connectivity index (χ1v) is 11.7. The molecule has 2 saturated heterocycles. The van der Waals surface area contributed by atoms with Crippen molar-refractivity contribution in [1.82, 2.24) is 20.4 Å². The van der Waals surface area contributed by atoms with Crippen molar-refractivity contribution in [2.75, 3.05) is 26.7 Å². The summed E-state index contributed by atoms with van der Waals surface area (Å²) in [6.07, 6.45) is 1.93. The van der Waals surface area contributed by atoms with E-state index in [4.69, 9.17) is 4.74 Å². The van der Waals surface area contributed by atoms with E-state index in [0.717, 1.165) is 29.8 Å². The van der Waals surface area contributed by atoms with Crippen LogP contribution in [0.3, 0.4) is 0 Å². The number of amides is 4. The number of carbonyl (C=O) groups excluding carboxylic acids is 3. The van der Waals surface area contributed by atoms with Crippen LogP contribution < -0.4 is 15.4 Å². The van der Waals surface area contributed by atoms with Gasteiger partial charge in [-0.3, -0.25) is 14.5 Å². The topological polar surface area (TPSA) is 91.0 Å². The van der Waals surface area contributed by atoms with Gasteiger partial charge in [-0.15, -0.1) is 0 Å². The van der Waals surface area contributed by atoms with E-state index in [1.165, 1.54) is 11.8 Å². The van der Waals surface area contributed by atoms with Gasteiger partial charge in [0.05, 0.1) is 19.7 Å². The molecule has 0 saturated carbocycles. The van der Waals surface area contributed by atoms with Crippen molar-refractivity contribution in [2.45, 2.75) is 44.3 Å². The van der Waals surface area contributed by atoms with Gasteiger partial charge in [0.25, 0.3) is 5.91 Å². The number of methoxy groups -OCH3 is 1. The maximum atomic E-state index is 13.3. The molecule has 34 heavy (non-hydrogen) atoms. The van der Waals surface area contributed by atoms with Crippen LogP contribution in [-0.4, -0.2) is 59.9 Å². The molecule has 2 aromatic carbocycles. The highest BCUT2D eigenvalue weighted by Gasteiger charge is 2.52. The summed E-state index contributed by atoms with van der Waals surface area (Å²) >= 11 is 0. The number of hydrogen-bond acceptors (Lipinski definition) is 5. The zero-order valence-electron chi connectivity index (χ0n) is 19.8. The van der Waals surface area contributed by atoms with Crippen LogP contribution >= 0.6 is 0 Å². The first-order chi connectivity index (χ1) is 16.4. The molecule has 1 atom stereocenters. The number of ether oxygens (including phenoxy) is 1. The number of nitrogens with one attached hydrogen (secondary N) is 2. The second-order valence-electron chi connectivity index (χ2n) is 9.05. The summed E-state index contributed by atoms with van der Waals surface area (Å²) in [6, 6.07) is 17.0. The third kappa shape index (κ3) is 5.22. The van der Waals surface area contributed by atoms with Gasteiger partial charge in [-0.1, -0.05) is 42.5 Å². The average molecular weight is 465 g/mol. The van der Waals surface area contributed by atoms with E-state index in [0.29, 0.717) is 25.9 Å². The minimum Gasteiger partial charge on any atom is -0.497 e. The number of likely N-dealkylation sites (tertiary alicyclic amines) is 1. The summed E-state index contributed by atoms with van der Waals surface area (Å²) in [5.74, 6) is 0.536. The fourth-order valence-electron chi connectivity index (χ4n) is 4.80. The molecule has 2 aliphatic heterocycles. The molecule has 1 unspecified atom stereocenters. The highest BCUT2D eigenvalue weighted by molar-refractivity contribution is 6.07. The third-order valence-electron chi connectivity index (χ3n) is 6.77. The third-order valence-corrected chi connectivity index (χ3v) is 6.77. The zero-order chi connectivity index (χ0) is 24.1. The summed E-state index contributed by atoms with van der Waals surface area (Å²) in [6.45, 7) is 4.00. The minimum atomic E-state index is -0.823. The van der Waals surface area contributed by atoms with Crippen LogP contribution in [0.15, 0.2) is 54.6 Å². The molecule has 1 spiro atoms. The molecule has 2 fully saturated rings. The van der Waals surface area contributed by atoms with Crippen molar-refractivity contribution in [2.24, 2.45) is 0 Å². The Bertz CT molecular complexity index is 1020. The number of hydrogen-bond donors (Lipinski definition) is 2. The molecule has 0 aromatic heterocycles. The van der Waals surface area contributed by atoms with Gasteiger partial charge in [0.2, 0.25) is 5.91 Å². The molecule has 2 N–H and O–H groups in total. The van der Waals surface area contributed by atoms with Crippen LogP contribution in [0.5, 0.6) is 5.75 Å². The van der Waals surface area contributed by atoms with E-state index in [1.54, 1.807) is 7.11 Å². The molecule has 4 amide bonds. The van der Waals surface area contributed by atoms with Crippen LogP contribution in [0.4, 0.5) is 4.79 Å². The summed E-state index contributed by atoms with van der Waals surface area (Å²) in [4.78, 5) is 41.2. The summed E-state index contributed by atoms with van der Waals surface area (Å²) in [7, 11) is 1.60. The molecule has 2 aromatic rings. The highest BCUT2D eigenvalue weighted by Crippen LogP contribution is 2.31. The second kappa shape index (κ2) is 10.3. The molecule has 0 bridgehead atoms. The van der Waals surface area contributed by atoms with Gasteiger partial charge in [0.15, 0.2) is 0 Å². The Morgan fingerprint density at radius 2 is 1.76 bits per heavy atom. The van der Waals surface area contributed by atoms with Crippen LogP contribution in [-0.2, 0) is 16.1 Å². The van der Waals surface area contributed by atoms with Crippen molar-refractivity contribution in [3.63, 3.8) is 0 Å². The lowest BCUT2D eigenvalue weighted by Crippen LogP contribution is -2.55. The molecule has 0 aliphatic carbocycles. The zero-order valence-corrected chi connectivity index (χ0v) is 19.8. The maximum Gasteiger partial charge on any atom is 0.325 e. The van der Waals surface area contributed by atoms with Crippen molar-refractivity contribution in [3.8, 4) is 5.75 Å². The number of rotatable bonds is 8. The molecule has 2 heterocycles. The smallest absolute Gasteiger partial charge is 0.325 e. The molecular weight excluding hydrogens is 432 g/mol. The van der Waals surface area contributed by atoms with Gasteiger partial charge >= 0.3 is 6.03 Å². The lowest BCUT2D eigenvalue weighted by Gasteiger charge is -2.37. The number of nitrogens with zero attached hydrogens (tertiary/aromatic N) is 2. The number of piperidine rings is 1. The van der Waals surface area contributed by atoms with Gasteiger partial charge in [-0.05, 0) is 42.5 Å². The predicted molar refractivity (Wildman–Crippen MR) is 128 cm³/mol. The quantitative estimate of drug-likeness (QED) is 0.587. The van der Waals surface area contributed by atoms with Gasteiger partial charge < -0.3 is 20.3 Å². The lowest BCUT2D eigenvalue weighted by atomic mass is 9.87. The molecule has 8 heteroatoms. The van der Waals surface area contributed by atoms with Crippen LogP contribution in [0.25, 0.3) is 0 Å². The summed E-state index contributed by atoms with van der Waals surface area (Å²) in [5.41, 5.74) is 1.14. The van der Waals surface area contributed by atoms with Crippen LogP contribution in [0.2, 0.25) is 0 Å². The lowest BCUT2D eigenvalue weighted by molar-refractivity contribution is -0.133. The van der Waals surface area contributed by atoms with Gasteiger partial charge in [-0.2, -0.15) is 0 Å². The average Bonchev–Trinajstić information content (AvgIpc) is 3.07. The second-order valence-corrected chi connectivity index (χ2v) is 9.05. The Balaban J connectivity index is 1.33. The van der Waals surface area contributed by atoms with E-state index in [-0.39, 0.29) is 30.4 Å². The van der Waals surface area contributed by atoms with E-state index >= 15 is 0 Å². The largest absolute Gasteiger partial charge is 0.497 e. The normalized spacial score (nSPS) is 18.6. The standard InChI is InChI=1S/C26H32N4O4/c1-19(31)27-23(21-6-4-3-5-7-21)12-15-29-16-13-26(14-17-29)24(32)30(25(33)28-26)18-20-8-10-22(34-2)11-9-20/h3-11,23H,12-18H2,1-2H3,(H,27,31)(H,28,33). The van der Waals surface area contributed by atoms with Crippen molar-refractivity contribution in [3.05, 3.63) is 65.7 Å². The van der Waals surface area contributed by atoms with E-state index in [2.05, 4.69) is 15.5 Å². The summed E-state index contributed by atoms with van der Waals surface area (Å²) < 4.78 is 5.17. The van der Waals surface area contributed by atoms with E-state index < -0.39 is 5.54 Å². The Morgan fingerprint density at radius 1 is 1.09 bits per heavy atom. The predicted octanol–water partition coefficient (Wildman–Crippen LogP) is 2.85. The van der Waals surface area contributed by atoms with Gasteiger partial charge in [0, 0.05) is 26.6 Å². The van der Waals surface area contributed by atoms with Crippen LogP contribution in [0.1, 0.15) is 43.4 Å². The SMILES string of the molecule is COc1ccc(CN2C(=O)NC3(CCN(CCC(NC(C)=O)c4ccccc4)CC3)C2=O)cc1. The van der Waals surface area contributed by atoms with E-state index in [9.17, 15) is 14.4 Å². The fraction of sp³-hybridized carbons (Fsp3) is 0.423. The molecule has 4 rings (SSSR count). The Hall–Kier alpha value is -3.39. The first kappa shape index (κ1) is 23.8. The first-order valence-electron chi connectivity index (χ1n) is 11.7. The monoisotopic (exact) mass is 464 g/mol. The van der Waals surface area contributed by atoms with E-state index in [1.807, 2.05) is 54.6 Å². The molecule has 180 valence electrons. The Morgan fingerprint density at radius 3 is 2.38 bits per heavy atom. The Labute approximate surface area is 200 Å². The van der Waals surface area contributed by atoms with Gasteiger partial charge in [-0.25, -0.2) is 4.79 Å². The fourth-order valence-corrected chi connectivity index (χ4v) is 4.80. The number of carbonyl (C=O) groups is 3. The molecular formula is C26H32N4O4. The number of urea groups is 1.